The molecule has 1 fully saturated rings. The van der Waals surface area contributed by atoms with Crippen LogP contribution in [0.25, 0.3) is 0 Å². The predicted octanol–water partition coefficient (Wildman–Crippen LogP) is 0.488. The van der Waals surface area contributed by atoms with E-state index in [1.54, 1.807) is 18.3 Å². The lowest BCUT2D eigenvalue weighted by molar-refractivity contribution is 0.0939. The van der Waals surface area contributed by atoms with Crippen molar-refractivity contribution in [3.05, 3.63) is 24.0 Å². The smallest absolute Gasteiger partial charge is 0.272 e. The first-order valence-corrected chi connectivity index (χ1v) is 5.87. The molecule has 5 nitrogen and oxygen atoms in total. The van der Waals surface area contributed by atoms with Crippen LogP contribution in [0.4, 0.5) is 5.69 Å². The molecule has 0 radical (unpaired) electrons. The van der Waals surface area contributed by atoms with Crippen LogP contribution in [-0.2, 0) is 0 Å². The highest BCUT2D eigenvalue weighted by atomic mass is 16.1. The molecule has 1 aromatic rings. The van der Waals surface area contributed by atoms with Crippen molar-refractivity contribution < 1.29 is 4.79 Å². The van der Waals surface area contributed by atoms with E-state index in [9.17, 15) is 4.79 Å². The second kappa shape index (κ2) is 5.14. The summed E-state index contributed by atoms with van der Waals surface area (Å²) in [4.78, 5) is 18.1. The molecule has 5 heteroatoms. The number of pyridine rings is 1. The van der Waals surface area contributed by atoms with Crippen molar-refractivity contribution in [2.45, 2.75) is 18.9 Å². The Kier molecular flexibility index (Phi) is 3.58. The lowest BCUT2D eigenvalue weighted by atomic mass is 10.2. The molecule has 2 heterocycles. The maximum atomic E-state index is 11.9. The number of hydrogen-bond donors (Lipinski definition) is 2. The van der Waals surface area contributed by atoms with Gasteiger partial charge in [-0.3, -0.25) is 4.79 Å². The summed E-state index contributed by atoms with van der Waals surface area (Å²) in [6.07, 6.45) is 3.91. The number of rotatable bonds is 3. The third kappa shape index (κ3) is 2.74. The van der Waals surface area contributed by atoms with Gasteiger partial charge < -0.3 is 16.0 Å². The van der Waals surface area contributed by atoms with Crippen molar-refractivity contribution in [2.75, 3.05) is 25.9 Å². The molecule has 1 unspecified atom stereocenters. The molecule has 0 bridgehead atoms. The molecule has 1 saturated heterocycles. The fourth-order valence-electron chi connectivity index (χ4n) is 2.14. The number of carbonyl (C=O) groups excluding carboxylic acids is 1. The number of hydrogen-bond acceptors (Lipinski definition) is 4. The summed E-state index contributed by atoms with van der Waals surface area (Å²) in [5.41, 5.74) is 6.43. The highest BCUT2D eigenvalue weighted by molar-refractivity contribution is 5.96. The topological polar surface area (TPSA) is 71.2 Å². The Morgan fingerprint density at radius 2 is 2.53 bits per heavy atom. The summed E-state index contributed by atoms with van der Waals surface area (Å²) in [7, 11) is 2.08. The number of nitrogens with two attached hydrogens (primary N) is 1. The Morgan fingerprint density at radius 1 is 1.71 bits per heavy atom. The number of carbonyl (C=O) groups is 1. The Labute approximate surface area is 101 Å². The summed E-state index contributed by atoms with van der Waals surface area (Å²) >= 11 is 0. The Bertz CT molecular complexity index is 407. The molecule has 0 spiro atoms. The number of nitrogens with zero attached hydrogens (tertiary/aromatic N) is 2. The van der Waals surface area contributed by atoms with Crippen LogP contribution in [0.1, 0.15) is 23.3 Å². The van der Waals surface area contributed by atoms with Crippen molar-refractivity contribution in [3.63, 3.8) is 0 Å². The third-order valence-electron chi connectivity index (χ3n) is 3.22. The van der Waals surface area contributed by atoms with E-state index in [0.29, 0.717) is 24.0 Å². The first kappa shape index (κ1) is 11.9. The van der Waals surface area contributed by atoms with Crippen LogP contribution in [0.15, 0.2) is 18.3 Å². The van der Waals surface area contributed by atoms with E-state index in [1.165, 1.54) is 6.42 Å². The van der Waals surface area contributed by atoms with E-state index >= 15 is 0 Å². The minimum absolute atomic E-state index is 0.191. The number of amides is 1. The molecule has 1 amide bonds. The lowest BCUT2D eigenvalue weighted by Gasteiger charge is -2.19. The number of anilines is 1. The molecule has 1 atom stereocenters. The molecule has 0 aliphatic carbocycles. The maximum Gasteiger partial charge on any atom is 0.272 e. The summed E-state index contributed by atoms with van der Waals surface area (Å²) in [6, 6.07) is 3.84. The summed E-state index contributed by atoms with van der Waals surface area (Å²) < 4.78 is 0. The van der Waals surface area contributed by atoms with E-state index in [-0.39, 0.29) is 5.91 Å². The van der Waals surface area contributed by atoms with Gasteiger partial charge in [0.15, 0.2) is 5.69 Å². The van der Waals surface area contributed by atoms with Gasteiger partial charge in [0.05, 0.1) is 5.69 Å². The molecular formula is C12H18N4O. The zero-order valence-corrected chi connectivity index (χ0v) is 10.0. The molecule has 1 aliphatic rings. The van der Waals surface area contributed by atoms with Crippen LogP contribution in [0.5, 0.6) is 0 Å². The van der Waals surface area contributed by atoms with Gasteiger partial charge in [0.1, 0.15) is 0 Å². The largest absolute Gasteiger partial charge is 0.397 e. The average molecular weight is 234 g/mol. The van der Waals surface area contributed by atoms with Crippen molar-refractivity contribution >= 4 is 11.6 Å². The highest BCUT2D eigenvalue weighted by Crippen LogP contribution is 2.14. The highest BCUT2D eigenvalue weighted by Gasteiger charge is 2.21. The van der Waals surface area contributed by atoms with Gasteiger partial charge in [0, 0.05) is 18.8 Å². The van der Waals surface area contributed by atoms with E-state index in [0.717, 1.165) is 13.0 Å². The molecule has 92 valence electrons. The summed E-state index contributed by atoms with van der Waals surface area (Å²) in [5.74, 6) is -0.191. The van der Waals surface area contributed by atoms with Crippen LogP contribution >= 0.6 is 0 Å². The van der Waals surface area contributed by atoms with Crippen LogP contribution in [0.2, 0.25) is 0 Å². The van der Waals surface area contributed by atoms with Crippen LogP contribution in [-0.4, -0.2) is 42.0 Å². The zero-order chi connectivity index (χ0) is 12.3. The molecule has 1 aliphatic heterocycles. The molecule has 0 aromatic carbocycles. The fraction of sp³-hybridized carbons (Fsp3) is 0.500. The van der Waals surface area contributed by atoms with Gasteiger partial charge >= 0.3 is 0 Å². The number of nitrogens with one attached hydrogen (secondary N) is 1. The molecule has 2 rings (SSSR count). The Hall–Kier alpha value is -1.62. The molecular weight excluding hydrogens is 216 g/mol. The van der Waals surface area contributed by atoms with Crippen LogP contribution < -0.4 is 11.1 Å². The summed E-state index contributed by atoms with van der Waals surface area (Å²) in [5, 5.41) is 2.89. The van der Waals surface area contributed by atoms with E-state index in [1.807, 2.05) is 0 Å². The molecule has 17 heavy (non-hydrogen) atoms. The van der Waals surface area contributed by atoms with E-state index in [4.69, 9.17) is 5.73 Å². The van der Waals surface area contributed by atoms with Crippen LogP contribution in [0.3, 0.4) is 0 Å². The average Bonchev–Trinajstić information content (AvgIpc) is 2.72. The first-order chi connectivity index (χ1) is 8.18. The van der Waals surface area contributed by atoms with Gasteiger partial charge in [0.25, 0.3) is 5.91 Å². The molecule has 1 aromatic heterocycles. The number of likely N-dealkylation sites (tertiary alicyclic amines) is 1. The Morgan fingerprint density at radius 3 is 3.18 bits per heavy atom. The normalized spacial score (nSPS) is 20.4. The SMILES string of the molecule is CN1CCCC1CNC(=O)c1ncccc1N. The van der Waals surface area contributed by atoms with Gasteiger partial charge in [-0.15, -0.1) is 0 Å². The molecule has 0 saturated carbocycles. The summed E-state index contributed by atoms with van der Waals surface area (Å²) in [6.45, 7) is 1.76. The van der Waals surface area contributed by atoms with Gasteiger partial charge in [0.2, 0.25) is 0 Å². The minimum atomic E-state index is -0.191. The van der Waals surface area contributed by atoms with Crippen LogP contribution in [0, 0.1) is 0 Å². The predicted molar refractivity (Wildman–Crippen MR) is 66.6 cm³/mol. The minimum Gasteiger partial charge on any atom is -0.397 e. The van der Waals surface area contributed by atoms with Gasteiger partial charge in [-0.25, -0.2) is 4.98 Å². The van der Waals surface area contributed by atoms with Crippen molar-refractivity contribution in [2.24, 2.45) is 0 Å². The van der Waals surface area contributed by atoms with Gasteiger partial charge in [-0.2, -0.15) is 0 Å². The van der Waals surface area contributed by atoms with Crippen molar-refractivity contribution in [1.29, 1.82) is 0 Å². The quantitative estimate of drug-likeness (QED) is 0.798. The van der Waals surface area contributed by atoms with E-state index in [2.05, 4.69) is 22.2 Å². The van der Waals surface area contributed by atoms with Gasteiger partial charge in [-0.1, -0.05) is 0 Å². The fourth-order valence-corrected chi connectivity index (χ4v) is 2.14. The van der Waals surface area contributed by atoms with Crippen molar-refractivity contribution in [3.8, 4) is 0 Å². The zero-order valence-electron chi connectivity index (χ0n) is 10.0. The first-order valence-electron chi connectivity index (χ1n) is 5.87. The number of aromatic nitrogens is 1. The standard InChI is InChI=1S/C12H18N4O/c1-16-7-3-4-9(16)8-15-12(17)11-10(13)5-2-6-14-11/h2,5-6,9H,3-4,7-8,13H2,1H3,(H,15,17). The second-order valence-electron chi connectivity index (χ2n) is 4.43. The maximum absolute atomic E-state index is 11.9. The van der Waals surface area contributed by atoms with E-state index < -0.39 is 0 Å². The van der Waals surface area contributed by atoms with Crippen molar-refractivity contribution in [1.82, 2.24) is 15.2 Å². The monoisotopic (exact) mass is 234 g/mol. The second-order valence-corrected chi connectivity index (χ2v) is 4.43. The lowest BCUT2D eigenvalue weighted by Crippen LogP contribution is -2.38. The molecule has 3 N–H and O–H groups in total. The van der Waals surface area contributed by atoms with Gasteiger partial charge in [-0.05, 0) is 38.6 Å². The Balaban J connectivity index is 1.91. The number of nitrogen functional groups attached to an aromatic ring is 1. The number of likely N-dealkylation sites (N-methyl/N-ethyl adjacent to an activating group) is 1. The third-order valence-corrected chi connectivity index (χ3v) is 3.22.